The number of rotatable bonds is 8. The van der Waals surface area contributed by atoms with Crippen molar-refractivity contribution in [3.8, 4) is 17.1 Å². The predicted molar refractivity (Wildman–Crippen MR) is 104 cm³/mol. The van der Waals surface area contributed by atoms with Crippen LogP contribution in [0.15, 0.2) is 48.5 Å². The number of carbonyl (C=O) groups excluding carboxylic acids is 1. The molecular weight excluding hydrogens is 342 g/mol. The molecule has 3 rings (SSSR count). The van der Waals surface area contributed by atoms with Gasteiger partial charge in [-0.15, -0.1) is 0 Å². The number of hydrogen-bond acceptors (Lipinski definition) is 5. The first-order valence-corrected chi connectivity index (χ1v) is 8.85. The smallest absolute Gasteiger partial charge is 0.224 e. The lowest BCUT2D eigenvalue weighted by Crippen LogP contribution is -2.12. The van der Waals surface area contributed by atoms with Crippen LogP contribution >= 0.6 is 0 Å². The average molecular weight is 365 g/mol. The van der Waals surface area contributed by atoms with Crippen LogP contribution in [0.5, 0.6) is 5.75 Å². The first-order chi connectivity index (χ1) is 13.1. The third kappa shape index (κ3) is 5.39. The highest BCUT2D eigenvalue weighted by Gasteiger charge is 2.07. The van der Waals surface area contributed by atoms with Gasteiger partial charge < -0.3 is 15.8 Å². The minimum absolute atomic E-state index is 0.0427. The molecule has 1 heterocycles. The van der Waals surface area contributed by atoms with Crippen molar-refractivity contribution in [3.63, 3.8) is 0 Å². The Morgan fingerprint density at radius 3 is 2.74 bits per heavy atom. The Labute approximate surface area is 158 Å². The van der Waals surface area contributed by atoms with Gasteiger partial charge in [-0.3, -0.25) is 9.89 Å². The summed E-state index contributed by atoms with van der Waals surface area (Å²) in [7, 11) is 0. The average Bonchev–Trinajstić information content (AvgIpc) is 3.15. The van der Waals surface area contributed by atoms with Gasteiger partial charge in [0.15, 0.2) is 5.82 Å². The number of aryl methyl sites for hydroxylation is 1. The first-order valence-electron chi connectivity index (χ1n) is 8.85. The zero-order valence-corrected chi connectivity index (χ0v) is 15.2. The van der Waals surface area contributed by atoms with E-state index >= 15 is 0 Å². The lowest BCUT2D eigenvalue weighted by atomic mass is 10.2. The monoisotopic (exact) mass is 365 g/mol. The van der Waals surface area contributed by atoms with E-state index in [2.05, 4.69) is 20.5 Å². The van der Waals surface area contributed by atoms with E-state index in [9.17, 15) is 4.79 Å². The molecule has 0 bridgehead atoms. The number of nitrogens with zero attached hydrogens (tertiary/aromatic N) is 2. The quantitative estimate of drug-likeness (QED) is 0.532. The fourth-order valence-electron chi connectivity index (χ4n) is 2.57. The molecule has 0 spiro atoms. The topological polar surface area (TPSA) is 106 Å². The maximum absolute atomic E-state index is 12.1. The van der Waals surface area contributed by atoms with Crippen molar-refractivity contribution >= 4 is 11.6 Å². The number of ether oxygens (including phenoxy) is 1. The number of hydrogen-bond donors (Lipinski definition) is 3. The van der Waals surface area contributed by atoms with Crippen molar-refractivity contribution < 1.29 is 9.53 Å². The van der Waals surface area contributed by atoms with Crippen LogP contribution in [0.3, 0.4) is 0 Å². The van der Waals surface area contributed by atoms with E-state index in [1.54, 1.807) is 0 Å². The number of anilines is 1. The minimum atomic E-state index is -0.0427. The predicted octanol–water partition coefficient (Wildman–Crippen LogP) is 3.04. The minimum Gasteiger partial charge on any atom is -0.494 e. The van der Waals surface area contributed by atoms with Gasteiger partial charge in [0, 0.05) is 17.7 Å². The van der Waals surface area contributed by atoms with Crippen molar-refractivity contribution in [2.75, 3.05) is 11.9 Å². The van der Waals surface area contributed by atoms with Crippen LogP contribution in [0.25, 0.3) is 11.4 Å². The second kappa shape index (κ2) is 8.95. The lowest BCUT2D eigenvalue weighted by Gasteiger charge is -2.08. The number of aromatic nitrogens is 3. The number of nitrogens with one attached hydrogen (secondary N) is 2. The van der Waals surface area contributed by atoms with Gasteiger partial charge in [0.2, 0.25) is 5.91 Å². The highest BCUT2D eigenvalue weighted by atomic mass is 16.5. The van der Waals surface area contributed by atoms with Crippen molar-refractivity contribution in [2.24, 2.45) is 5.73 Å². The molecule has 140 valence electrons. The molecule has 0 saturated carbocycles. The van der Waals surface area contributed by atoms with Gasteiger partial charge in [0.25, 0.3) is 0 Å². The van der Waals surface area contributed by atoms with E-state index < -0.39 is 0 Å². The molecule has 4 N–H and O–H groups in total. The molecule has 0 fully saturated rings. The molecule has 1 aromatic heterocycles. The van der Waals surface area contributed by atoms with Gasteiger partial charge in [-0.2, -0.15) is 5.10 Å². The highest BCUT2D eigenvalue weighted by Crippen LogP contribution is 2.18. The highest BCUT2D eigenvalue weighted by molar-refractivity contribution is 5.90. The number of carbonyl (C=O) groups is 1. The summed E-state index contributed by atoms with van der Waals surface area (Å²) in [5.74, 6) is 2.01. The third-order valence-electron chi connectivity index (χ3n) is 3.96. The van der Waals surface area contributed by atoms with E-state index in [1.165, 1.54) is 0 Å². The fraction of sp³-hybridized carbons (Fsp3) is 0.250. The molecule has 7 heteroatoms. The SMILES string of the molecule is Cc1cccc(OCCCC(=O)Nc2ccc(-c3n[nH]c(CN)n3)cc2)c1. The van der Waals surface area contributed by atoms with Gasteiger partial charge in [0.05, 0.1) is 13.2 Å². The molecule has 0 atom stereocenters. The Morgan fingerprint density at radius 2 is 2.04 bits per heavy atom. The van der Waals surface area contributed by atoms with Crippen LogP contribution < -0.4 is 15.8 Å². The molecule has 0 aliphatic rings. The van der Waals surface area contributed by atoms with Crippen molar-refractivity contribution in [1.82, 2.24) is 15.2 Å². The third-order valence-corrected chi connectivity index (χ3v) is 3.96. The molecule has 0 aliphatic heterocycles. The Kier molecular flexibility index (Phi) is 6.17. The van der Waals surface area contributed by atoms with E-state index in [-0.39, 0.29) is 5.91 Å². The van der Waals surface area contributed by atoms with Crippen LogP contribution in [0.1, 0.15) is 24.2 Å². The fourth-order valence-corrected chi connectivity index (χ4v) is 2.57. The number of aromatic amines is 1. The van der Waals surface area contributed by atoms with Crippen molar-refractivity contribution in [2.45, 2.75) is 26.3 Å². The van der Waals surface area contributed by atoms with Gasteiger partial charge in [-0.25, -0.2) is 4.98 Å². The zero-order chi connectivity index (χ0) is 19.1. The molecule has 1 amide bonds. The summed E-state index contributed by atoms with van der Waals surface area (Å²) in [6, 6.07) is 15.2. The van der Waals surface area contributed by atoms with E-state index in [0.717, 1.165) is 22.6 Å². The van der Waals surface area contributed by atoms with E-state index in [0.29, 0.717) is 37.6 Å². The van der Waals surface area contributed by atoms with Gasteiger partial charge in [-0.05, 0) is 55.3 Å². The second-order valence-corrected chi connectivity index (χ2v) is 6.20. The van der Waals surface area contributed by atoms with Crippen LogP contribution in [0, 0.1) is 6.92 Å². The number of benzene rings is 2. The molecule has 7 nitrogen and oxygen atoms in total. The molecular formula is C20H23N5O2. The maximum Gasteiger partial charge on any atom is 0.224 e. The summed E-state index contributed by atoms with van der Waals surface area (Å²) in [6.45, 7) is 2.84. The van der Waals surface area contributed by atoms with Crippen LogP contribution in [-0.2, 0) is 11.3 Å². The van der Waals surface area contributed by atoms with Gasteiger partial charge in [-0.1, -0.05) is 12.1 Å². The summed E-state index contributed by atoms with van der Waals surface area (Å²) in [6.07, 6.45) is 1.05. The van der Waals surface area contributed by atoms with Gasteiger partial charge >= 0.3 is 0 Å². The standard InChI is InChI=1S/C20H23N5O2/c1-14-4-2-5-17(12-14)27-11-3-6-19(26)22-16-9-7-15(8-10-16)20-23-18(13-21)24-25-20/h2,4-5,7-10,12H,3,6,11,13,21H2,1H3,(H,22,26)(H,23,24,25). The molecule has 0 radical (unpaired) electrons. The first kappa shape index (κ1) is 18.6. The largest absolute Gasteiger partial charge is 0.494 e. The Hall–Kier alpha value is -3.19. The Bertz CT molecular complexity index is 889. The summed E-state index contributed by atoms with van der Waals surface area (Å²) < 4.78 is 5.66. The molecule has 27 heavy (non-hydrogen) atoms. The maximum atomic E-state index is 12.1. The molecule has 0 unspecified atom stereocenters. The normalized spacial score (nSPS) is 10.6. The van der Waals surface area contributed by atoms with Gasteiger partial charge in [0.1, 0.15) is 11.6 Å². The van der Waals surface area contributed by atoms with Crippen molar-refractivity contribution in [1.29, 1.82) is 0 Å². The number of nitrogens with two attached hydrogens (primary N) is 1. The molecule has 0 saturated heterocycles. The zero-order valence-electron chi connectivity index (χ0n) is 15.2. The summed E-state index contributed by atoms with van der Waals surface area (Å²) >= 11 is 0. The van der Waals surface area contributed by atoms with E-state index in [1.807, 2.05) is 55.5 Å². The lowest BCUT2D eigenvalue weighted by molar-refractivity contribution is -0.116. The van der Waals surface area contributed by atoms with Crippen molar-refractivity contribution in [3.05, 3.63) is 59.9 Å². The summed E-state index contributed by atoms with van der Waals surface area (Å²) in [4.78, 5) is 16.3. The molecule has 0 aliphatic carbocycles. The number of amides is 1. The Morgan fingerprint density at radius 1 is 1.22 bits per heavy atom. The molecule has 3 aromatic rings. The van der Waals surface area contributed by atoms with Crippen LogP contribution in [0.4, 0.5) is 5.69 Å². The summed E-state index contributed by atoms with van der Waals surface area (Å²) in [5.41, 5.74) is 8.26. The second-order valence-electron chi connectivity index (χ2n) is 6.20. The van der Waals surface area contributed by atoms with E-state index in [4.69, 9.17) is 10.5 Å². The van der Waals surface area contributed by atoms with Crippen LogP contribution in [-0.4, -0.2) is 27.7 Å². The summed E-state index contributed by atoms with van der Waals surface area (Å²) in [5, 5.41) is 9.77. The molecule has 2 aromatic carbocycles. The Balaban J connectivity index is 1.43. The van der Waals surface area contributed by atoms with Crippen LogP contribution in [0.2, 0.25) is 0 Å². The number of H-pyrrole nitrogens is 1.